The van der Waals surface area contributed by atoms with Crippen molar-refractivity contribution in [1.82, 2.24) is 14.9 Å². The molecule has 0 bridgehead atoms. The van der Waals surface area contributed by atoms with E-state index < -0.39 is 23.3 Å². The Morgan fingerprint density at radius 3 is 2.00 bits per heavy atom. The Hall–Kier alpha value is -4.46. The SMILES string of the molecule is CC(C)(C)OC(=O)N(C(=O)OCc1ccc(-c2nc3cccc(O)c3nc2-c2ccccc2)cc1)C(C)(C)C. The molecule has 0 spiro atoms. The first kappa shape index (κ1) is 27.6. The summed E-state index contributed by atoms with van der Waals surface area (Å²) in [5, 5.41) is 10.3. The highest BCUT2D eigenvalue weighted by Crippen LogP contribution is 2.33. The van der Waals surface area contributed by atoms with Crippen LogP contribution in [0.25, 0.3) is 33.5 Å². The third-order valence-electron chi connectivity index (χ3n) is 5.74. The summed E-state index contributed by atoms with van der Waals surface area (Å²) in [6.07, 6.45) is -1.54. The number of amides is 2. The van der Waals surface area contributed by atoms with Crippen LogP contribution in [0.2, 0.25) is 0 Å². The summed E-state index contributed by atoms with van der Waals surface area (Å²) in [7, 11) is 0. The molecule has 1 N–H and O–H groups in total. The van der Waals surface area contributed by atoms with Gasteiger partial charge in [0.15, 0.2) is 0 Å². The first-order chi connectivity index (χ1) is 18.3. The van der Waals surface area contributed by atoms with Crippen molar-refractivity contribution in [2.24, 2.45) is 0 Å². The summed E-state index contributed by atoms with van der Waals surface area (Å²) in [5.41, 5.74) is 3.13. The average molecular weight is 528 g/mol. The largest absolute Gasteiger partial charge is 0.506 e. The molecule has 4 rings (SSSR count). The fourth-order valence-corrected chi connectivity index (χ4v) is 3.96. The van der Waals surface area contributed by atoms with E-state index in [0.29, 0.717) is 22.4 Å². The predicted octanol–water partition coefficient (Wildman–Crippen LogP) is 7.34. The molecule has 0 unspecified atom stereocenters. The Kier molecular flexibility index (Phi) is 7.58. The number of carbonyl (C=O) groups excluding carboxylic acids is 2. The van der Waals surface area contributed by atoms with Crippen molar-refractivity contribution in [2.45, 2.75) is 59.3 Å². The number of phenols is 1. The van der Waals surface area contributed by atoms with Gasteiger partial charge in [0.1, 0.15) is 23.5 Å². The van der Waals surface area contributed by atoms with Gasteiger partial charge in [-0.3, -0.25) is 0 Å². The number of rotatable bonds is 4. The number of hydrogen-bond acceptors (Lipinski definition) is 7. The van der Waals surface area contributed by atoms with E-state index in [1.807, 2.05) is 54.6 Å². The highest BCUT2D eigenvalue weighted by atomic mass is 16.6. The molecule has 1 heterocycles. The molecular formula is C31H33N3O5. The summed E-state index contributed by atoms with van der Waals surface area (Å²) < 4.78 is 10.9. The van der Waals surface area contributed by atoms with Crippen LogP contribution in [0, 0.1) is 0 Å². The molecule has 0 atom stereocenters. The molecule has 1 aromatic heterocycles. The third kappa shape index (κ3) is 6.52. The van der Waals surface area contributed by atoms with E-state index in [-0.39, 0.29) is 12.4 Å². The summed E-state index contributed by atoms with van der Waals surface area (Å²) in [6, 6.07) is 22.2. The first-order valence-electron chi connectivity index (χ1n) is 12.7. The maximum atomic E-state index is 12.9. The molecule has 0 aliphatic rings. The summed E-state index contributed by atoms with van der Waals surface area (Å²) in [4.78, 5) is 36.2. The molecule has 4 aromatic rings. The number of phenolic OH excluding ortho intramolecular Hbond substituents is 1. The zero-order valence-corrected chi connectivity index (χ0v) is 23.1. The molecule has 39 heavy (non-hydrogen) atoms. The Balaban J connectivity index is 1.59. The molecule has 0 aliphatic heterocycles. The number of para-hydroxylation sites is 1. The van der Waals surface area contributed by atoms with Crippen molar-refractivity contribution in [3.8, 4) is 28.3 Å². The third-order valence-corrected chi connectivity index (χ3v) is 5.74. The van der Waals surface area contributed by atoms with Crippen LogP contribution in [0.15, 0.2) is 72.8 Å². The minimum Gasteiger partial charge on any atom is -0.506 e. The van der Waals surface area contributed by atoms with Crippen LogP contribution in [-0.2, 0) is 16.1 Å². The Morgan fingerprint density at radius 2 is 1.38 bits per heavy atom. The monoisotopic (exact) mass is 527 g/mol. The molecule has 8 nitrogen and oxygen atoms in total. The molecule has 0 aliphatic carbocycles. The number of ether oxygens (including phenoxy) is 2. The lowest BCUT2D eigenvalue weighted by Crippen LogP contribution is -2.51. The second-order valence-corrected chi connectivity index (χ2v) is 11.2. The van der Waals surface area contributed by atoms with Gasteiger partial charge in [0.2, 0.25) is 0 Å². The van der Waals surface area contributed by atoms with Gasteiger partial charge in [0.25, 0.3) is 0 Å². The standard InChI is InChI=1S/C31H33N3O5/c1-30(2,3)34(29(37)39-31(4,5)6)28(36)38-19-20-15-17-22(18-16-20)25-26(21-11-8-7-9-12-21)33-27-23(32-25)13-10-14-24(27)35/h7-18,35H,19H2,1-6H3. The molecule has 0 fully saturated rings. The van der Waals surface area contributed by atoms with Gasteiger partial charge in [-0.05, 0) is 59.2 Å². The zero-order chi connectivity index (χ0) is 28.4. The van der Waals surface area contributed by atoms with Gasteiger partial charge in [-0.15, -0.1) is 0 Å². The van der Waals surface area contributed by atoms with Crippen molar-refractivity contribution < 1.29 is 24.2 Å². The Bertz CT molecular complexity index is 1490. The van der Waals surface area contributed by atoms with Crippen LogP contribution in [0.5, 0.6) is 5.75 Å². The maximum Gasteiger partial charge on any atom is 0.420 e. The second kappa shape index (κ2) is 10.7. The molecule has 0 saturated heterocycles. The number of nitrogens with zero attached hydrogens (tertiary/aromatic N) is 3. The van der Waals surface area contributed by atoms with E-state index in [1.165, 1.54) is 0 Å². The highest BCUT2D eigenvalue weighted by Gasteiger charge is 2.37. The van der Waals surface area contributed by atoms with Gasteiger partial charge in [0, 0.05) is 16.7 Å². The summed E-state index contributed by atoms with van der Waals surface area (Å²) >= 11 is 0. The maximum absolute atomic E-state index is 12.9. The Morgan fingerprint density at radius 1 is 0.769 bits per heavy atom. The van der Waals surface area contributed by atoms with E-state index in [2.05, 4.69) is 0 Å². The van der Waals surface area contributed by atoms with Gasteiger partial charge in [0.05, 0.1) is 16.9 Å². The van der Waals surface area contributed by atoms with Crippen LogP contribution in [0.1, 0.15) is 47.1 Å². The van der Waals surface area contributed by atoms with Crippen LogP contribution < -0.4 is 0 Å². The van der Waals surface area contributed by atoms with Crippen molar-refractivity contribution in [3.05, 3.63) is 78.4 Å². The summed E-state index contributed by atoms with van der Waals surface area (Å²) in [5.74, 6) is 0.0663. The van der Waals surface area contributed by atoms with Crippen molar-refractivity contribution in [1.29, 1.82) is 0 Å². The van der Waals surface area contributed by atoms with E-state index >= 15 is 0 Å². The molecule has 2 amide bonds. The zero-order valence-electron chi connectivity index (χ0n) is 23.1. The van der Waals surface area contributed by atoms with Crippen LogP contribution in [0.4, 0.5) is 9.59 Å². The molecule has 3 aromatic carbocycles. The number of benzene rings is 3. The number of hydrogen-bond donors (Lipinski definition) is 1. The van der Waals surface area contributed by atoms with Gasteiger partial charge in [-0.25, -0.2) is 24.5 Å². The van der Waals surface area contributed by atoms with E-state index in [1.54, 1.807) is 59.7 Å². The van der Waals surface area contributed by atoms with Crippen molar-refractivity contribution in [2.75, 3.05) is 0 Å². The van der Waals surface area contributed by atoms with Gasteiger partial charge in [-0.1, -0.05) is 60.7 Å². The predicted molar refractivity (Wildman–Crippen MR) is 150 cm³/mol. The van der Waals surface area contributed by atoms with Gasteiger partial charge >= 0.3 is 12.2 Å². The number of aromatic hydroxyl groups is 1. The molecular weight excluding hydrogens is 494 g/mol. The van der Waals surface area contributed by atoms with Crippen LogP contribution in [0.3, 0.4) is 0 Å². The number of imide groups is 1. The quantitative estimate of drug-likeness (QED) is 0.296. The number of aromatic nitrogens is 2. The smallest absolute Gasteiger partial charge is 0.420 e. The summed E-state index contributed by atoms with van der Waals surface area (Å²) in [6.45, 7) is 10.4. The molecule has 0 saturated carbocycles. The fraction of sp³-hybridized carbons (Fsp3) is 0.290. The second-order valence-electron chi connectivity index (χ2n) is 11.2. The minimum absolute atomic E-state index is 0.0305. The van der Waals surface area contributed by atoms with Crippen molar-refractivity contribution in [3.63, 3.8) is 0 Å². The van der Waals surface area contributed by atoms with E-state index in [4.69, 9.17) is 19.4 Å². The van der Waals surface area contributed by atoms with Gasteiger partial charge < -0.3 is 14.6 Å². The normalized spacial score (nSPS) is 11.7. The molecule has 202 valence electrons. The van der Waals surface area contributed by atoms with Crippen LogP contribution >= 0.6 is 0 Å². The average Bonchev–Trinajstić information content (AvgIpc) is 2.86. The number of carbonyl (C=O) groups is 2. The molecule has 0 radical (unpaired) electrons. The van der Waals surface area contributed by atoms with Crippen LogP contribution in [-0.4, -0.2) is 43.3 Å². The fourth-order valence-electron chi connectivity index (χ4n) is 3.96. The molecule has 8 heteroatoms. The number of fused-ring (bicyclic) bond motifs is 1. The lowest BCUT2D eigenvalue weighted by atomic mass is 10.0. The lowest BCUT2D eigenvalue weighted by Gasteiger charge is -2.34. The highest BCUT2D eigenvalue weighted by molar-refractivity contribution is 5.90. The van der Waals surface area contributed by atoms with E-state index in [9.17, 15) is 14.7 Å². The first-order valence-corrected chi connectivity index (χ1v) is 12.7. The van der Waals surface area contributed by atoms with E-state index in [0.717, 1.165) is 21.6 Å². The van der Waals surface area contributed by atoms with Crippen molar-refractivity contribution >= 4 is 23.2 Å². The van der Waals surface area contributed by atoms with Gasteiger partial charge in [-0.2, -0.15) is 0 Å². The minimum atomic E-state index is -0.833. The lowest BCUT2D eigenvalue weighted by molar-refractivity contribution is 0.00315. The Labute approximate surface area is 228 Å². The topological polar surface area (TPSA) is 102 Å².